The Morgan fingerprint density at radius 3 is 2.87 bits per heavy atom. The second-order valence-corrected chi connectivity index (χ2v) is 7.65. The third-order valence-corrected chi connectivity index (χ3v) is 6.35. The van der Waals surface area contributed by atoms with Crippen LogP contribution in [0.1, 0.15) is 52.4 Å². The molecule has 6 nitrogen and oxygen atoms in total. The fourth-order valence-corrected chi connectivity index (χ4v) is 5.16. The van der Waals surface area contributed by atoms with E-state index in [9.17, 15) is 4.79 Å². The third kappa shape index (κ3) is 2.07. The summed E-state index contributed by atoms with van der Waals surface area (Å²) >= 11 is 0. The van der Waals surface area contributed by atoms with E-state index in [4.69, 9.17) is 24.5 Å². The Hall–Kier alpha value is -1.16. The van der Waals surface area contributed by atoms with Crippen molar-refractivity contribution in [2.24, 2.45) is 23.7 Å². The number of nitrogens with zero attached hydrogens (tertiary/aromatic N) is 1. The van der Waals surface area contributed by atoms with Crippen LogP contribution in [0, 0.1) is 35.0 Å². The van der Waals surface area contributed by atoms with E-state index in [2.05, 4.69) is 13.0 Å². The molecule has 5 aliphatic rings. The van der Waals surface area contributed by atoms with E-state index in [0.29, 0.717) is 18.8 Å². The van der Waals surface area contributed by atoms with Crippen LogP contribution in [0.25, 0.3) is 0 Å². The molecule has 1 aliphatic carbocycles. The molecule has 0 amide bonds. The maximum atomic E-state index is 12.5. The van der Waals surface area contributed by atoms with Crippen molar-refractivity contribution in [2.45, 2.75) is 70.1 Å². The zero-order valence-corrected chi connectivity index (χ0v) is 13.6. The monoisotopic (exact) mass is 321 g/mol. The van der Waals surface area contributed by atoms with E-state index in [1.807, 2.05) is 6.92 Å². The minimum atomic E-state index is -0.850. The lowest BCUT2D eigenvalue weighted by Crippen LogP contribution is -2.70. The maximum absolute atomic E-state index is 12.5. The molecule has 0 radical (unpaired) electrons. The standard InChI is InChI=1S/C17H23NO5/c1-10-5-6-13-11(4-3-9-18)14(19)20-15-17(13)12(10)7-8-16(2,21-15)22-23-17/h10-13,15H,3-8H2,1-2H3/t10-,11-,12+,13+,15-,16-,17-/m1/s1. The van der Waals surface area contributed by atoms with Crippen molar-refractivity contribution in [2.75, 3.05) is 0 Å². The Morgan fingerprint density at radius 2 is 2.09 bits per heavy atom. The molecule has 2 bridgehead atoms. The van der Waals surface area contributed by atoms with Gasteiger partial charge in [-0.25, -0.2) is 9.78 Å². The molecule has 1 saturated carbocycles. The van der Waals surface area contributed by atoms with Crippen LogP contribution in [-0.4, -0.2) is 23.6 Å². The quantitative estimate of drug-likeness (QED) is 0.575. The first-order valence-electron chi connectivity index (χ1n) is 8.62. The topological polar surface area (TPSA) is 77.8 Å². The number of ether oxygens (including phenoxy) is 2. The van der Waals surface area contributed by atoms with Crippen LogP contribution in [0.3, 0.4) is 0 Å². The summed E-state index contributed by atoms with van der Waals surface area (Å²) in [6.07, 6.45) is 3.75. The zero-order chi connectivity index (χ0) is 16.2. The van der Waals surface area contributed by atoms with Crippen LogP contribution in [0.4, 0.5) is 0 Å². The molecule has 4 heterocycles. The van der Waals surface area contributed by atoms with Crippen molar-refractivity contribution >= 4 is 5.97 Å². The predicted molar refractivity (Wildman–Crippen MR) is 77.2 cm³/mol. The molecule has 0 N–H and O–H groups in total. The van der Waals surface area contributed by atoms with Gasteiger partial charge in [0.25, 0.3) is 0 Å². The van der Waals surface area contributed by atoms with Gasteiger partial charge in [-0.1, -0.05) is 6.92 Å². The number of hydrogen-bond donors (Lipinski definition) is 0. The predicted octanol–water partition coefficient (Wildman–Crippen LogP) is 2.68. The van der Waals surface area contributed by atoms with Crippen molar-refractivity contribution in [1.82, 2.24) is 0 Å². The average Bonchev–Trinajstić information content (AvgIpc) is 2.74. The van der Waals surface area contributed by atoms with Gasteiger partial charge in [0, 0.05) is 24.7 Å². The summed E-state index contributed by atoms with van der Waals surface area (Å²) in [5.74, 6) is -0.712. The zero-order valence-electron chi connectivity index (χ0n) is 13.6. The van der Waals surface area contributed by atoms with Crippen LogP contribution in [-0.2, 0) is 24.0 Å². The summed E-state index contributed by atoms with van der Waals surface area (Å²) in [6.45, 7) is 4.07. The molecule has 126 valence electrons. The minimum absolute atomic E-state index is 0.00838. The third-order valence-electron chi connectivity index (χ3n) is 6.35. The summed E-state index contributed by atoms with van der Waals surface area (Å²) in [5, 5.41) is 8.91. The number of esters is 1. The lowest BCUT2D eigenvalue weighted by atomic mass is 9.57. The summed E-state index contributed by atoms with van der Waals surface area (Å²) < 4.78 is 11.7. The van der Waals surface area contributed by atoms with Crippen LogP contribution in [0.2, 0.25) is 0 Å². The first kappa shape index (κ1) is 15.4. The Kier molecular flexibility index (Phi) is 3.45. The van der Waals surface area contributed by atoms with Gasteiger partial charge in [-0.3, -0.25) is 4.79 Å². The molecule has 0 aromatic carbocycles. The van der Waals surface area contributed by atoms with Crippen molar-refractivity contribution in [3.8, 4) is 6.07 Å². The highest BCUT2D eigenvalue weighted by Crippen LogP contribution is 2.60. The molecule has 4 saturated heterocycles. The van der Waals surface area contributed by atoms with E-state index in [1.54, 1.807) is 0 Å². The van der Waals surface area contributed by atoms with E-state index in [-0.39, 0.29) is 23.7 Å². The smallest absolute Gasteiger partial charge is 0.311 e. The molecule has 4 aliphatic heterocycles. The highest BCUT2D eigenvalue weighted by Gasteiger charge is 2.70. The van der Waals surface area contributed by atoms with Gasteiger partial charge < -0.3 is 9.47 Å². The van der Waals surface area contributed by atoms with Crippen LogP contribution < -0.4 is 0 Å². The van der Waals surface area contributed by atoms with Crippen molar-refractivity contribution in [1.29, 1.82) is 5.26 Å². The average molecular weight is 321 g/mol. The van der Waals surface area contributed by atoms with Gasteiger partial charge in [0.1, 0.15) is 0 Å². The first-order chi connectivity index (χ1) is 11.0. The molecule has 5 rings (SSSR count). The number of carbonyl (C=O) groups excluding carboxylic acids is 1. The van der Waals surface area contributed by atoms with Crippen LogP contribution in [0.5, 0.6) is 0 Å². The molecule has 6 heteroatoms. The molecule has 0 unspecified atom stereocenters. The molecular weight excluding hydrogens is 298 g/mol. The van der Waals surface area contributed by atoms with E-state index in [0.717, 1.165) is 25.7 Å². The second-order valence-electron chi connectivity index (χ2n) is 7.65. The van der Waals surface area contributed by atoms with Crippen molar-refractivity contribution in [3.63, 3.8) is 0 Å². The normalized spacial score (nSPS) is 51.3. The van der Waals surface area contributed by atoms with Gasteiger partial charge in [-0.05, 0) is 38.5 Å². The Bertz CT molecular complexity index is 560. The summed E-state index contributed by atoms with van der Waals surface area (Å²) in [6, 6.07) is 2.14. The highest BCUT2D eigenvalue weighted by molar-refractivity contribution is 5.74. The highest BCUT2D eigenvalue weighted by atomic mass is 17.3. The van der Waals surface area contributed by atoms with Crippen molar-refractivity contribution in [3.05, 3.63) is 0 Å². The minimum Gasteiger partial charge on any atom is -0.432 e. The van der Waals surface area contributed by atoms with Gasteiger partial charge in [-0.15, -0.1) is 0 Å². The lowest BCUT2D eigenvalue weighted by Gasteiger charge is -2.58. The first-order valence-corrected chi connectivity index (χ1v) is 8.62. The number of fused-ring (bicyclic) bond motifs is 2. The van der Waals surface area contributed by atoms with Crippen molar-refractivity contribution < 1.29 is 24.0 Å². The molecule has 1 spiro atoms. The Balaban J connectivity index is 1.76. The largest absolute Gasteiger partial charge is 0.432 e. The fraction of sp³-hybridized carbons (Fsp3) is 0.882. The Labute approximate surface area is 135 Å². The summed E-state index contributed by atoms with van der Waals surface area (Å²) in [7, 11) is 0. The van der Waals surface area contributed by atoms with E-state index < -0.39 is 17.7 Å². The van der Waals surface area contributed by atoms with Gasteiger partial charge in [-0.2, -0.15) is 5.26 Å². The number of hydrogen-bond acceptors (Lipinski definition) is 6. The number of carbonyl (C=O) groups is 1. The summed E-state index contributed by atoms with van der Waals surface area (Å²) in [5.41, 5.74) is -0.721. The van der Waals surface area contributed by atoms with Crippen LogP contribution in [0.15, 0.2) is 0 Å². The summed E-state index contributed by atoms with van der Waals surface area (Å²) in [4.78, 5) is 24.2. The molecule has 0 aromatic heterocycles. The molecular formula is C17H23NO5. The fourth-order valence-electron chi connectivity index (χ4n) is 5.16. The number of rotatable bonds is 2. The van der Waals surface area contributed by atoms with Gasteiger partial charge in [0.05, 0.1) is 12.0 Å². The SMILES string of the molecule is C[C@@H]1CC[C@H]2[C@@H](CCC#N)C(=O)O[C@@H]3O[C@@]4(C)CC[C@@H]1[C@]32OO4. The maximum Gasteiger partial charge on any atom is 0.311 e. The van der Waals surface area contributed by atoms with E-state index in [1.165, 1.54) is 0 Å². The molecule has 7 atom stereocenters. The second kappa shape index (κ2) is 5.17. The lowest BCUT2D eigenvalue weighted by molar-refractivity contribution is -0.559. The number of nitriles is 1. The Morgan fingerprint density at radius 1 is 1.26 bits per heavy atom. The van der Waals surface area contributed by atoms with E-state index >= 15 is 0 Å². The van der Waals surface area contributed by atoms with Gasteiger partial charge in [0.2, 0.25) is 12.1 Å². The molecule has 23 heavy (non-hydrogen) atoms. The van der Waals surface area contributed by atoms with Crippen LogP contribution >= 0.6 is 0 Å². The van der Waals surface area contributed by atoms with Gasteiger partial charge in [0.15, 0.2) is 5.60 Å². The van der Waals surface area contributed by atoms with Gasteiger partial charge >= 0.3 is 5.97 Å². The molecule has 5 fully saturated rings. The molecule has 0 aromatic rings.